The van der Waals surface area contributed by atoms with E-state index in [1.165, 1.54) is 35.2 Å². The zero-order valence-corrected chi connectivity index (χ0v) is 72.8. The summed E-state index contributed by atoms with van der Waals surface area (Å²) < 4.78 is 97.5. The van der Waals surface area contributed by atoms with Crippen LogP contribution in [0.3, 0.4) is 0 Å². The van der Waals surface area contributed by atoms with Crippen molar-refractivity contribution in [1.29, 1.82) is 0 Å². The predicted octanol–water partition coefficient (Wildman–Crippen LogP) is 19.5. The van der Waals surface area contributed by atoms with E-state index in [0.29, 0.717) is 104 Å². The number of fused-ring (bicyclic) bond motifs is 8. The molecule has 135 heavy (non-hydrogen) atoms. The first-order chi connectivity index (χ1) is 65.7. The molecule has 0 N–H and O–H groups in total. The van der Waals surface area contributed by atoms with E-state index in [4.69, 9.17) is 4.74 Å². The zero-order chi connectivity index (χ0) is 93.1. The molecule has 666 valence electrons. The van der Waals surface area contributed by atoms with Crippen molar-refractivity contribution in [2.45, 2.75) is 65.4 Å². The van der Waals surface area contributed by atoms with Gasteiger partial charge in [0.1, 0.15) is 40.7 Å². The summed E-state index contributed by atoms with van der Waals surface area (Å²) in [7, 11) is 5.23. The Bertz CT molecular complexity index is 7710. The highest BCUT2D eigenvalue weighted by molar-refractivity contribution is 6.01. The van der Waals surface area contributed by atoms with Crippen molar-refractivity contribution < 1.29 is 55.1 Å². The maximum atomic E-state index is 15.3. The smallest absolute Gasteiger partial charge is 0.256 e. The molecule has 0 spiro atoms. The molecule has 10 aromatic heterocycles. The number of carbonyl (C=O) groups is 5. The van der Waals surface area contributed by atoms with E-state index in [0.717, 1.165) is 88.9 Å². The third kappa shape index (κ3) is 18.4. The van der Waals surface area contributed by atoms with Gasteiger partial charge >= 0.3 is 0 Å². The number of benzene rings is 8. The molecule has 23 rings (SSSR count). The van der Waals surface area contributed by atoms with Crippen molar-refractivity contribution in [3.05, 3.63) is 424 Å². The number of nitrogens with zero attached hydrogens (tertiary/aromatic N) is 17. The Kier molecular flexibility index (Phi) is 24.4. The molecular weight excluding hydrogens is 1720 g/mol. The second-order valence-corrected chi connectivity index (χ2v) is 32.8. The molecule has 18 aromatic rings. The number of aryl methyl sites for hydroxylation is 2. The first-order valence-electron chi connectivity index (χ1n) is 43.1. The summed E-state index contributed by atoms with van der Waals surface area (Å²) in [5.74, 6) is -2.43. The minimum atomic E-state index is -0.551. The molecule has 8 aromatic carbocycles. The van der Waals surface area contributed by atoms with Gasteiger partial charge in [0.15, 0.2) is 0 Å². The molecule has 0 radical (unpaired) electrons. The van der Waals surface area contributed by atoms with Crippen molar-refractivity contribution in [2.75, 3.05) is 7.11 Å². The van der Waals surface area contributed by atoms with Gasteiger partial charge in [0.25, 0.3) is 29.5 Å². The average Bonchev–Trinajstić information content (AvgIpc) is 1.51. The lowest BCUT2D eigenvalue weighted by Gasteiger charge is -2.17. The van der Waals surface area contributed by atoms with Crippen molar-refractivity contribution >= 4 is 62.2 Å². The van der Waals surface area contributed by atoms with Gasteiger partial charge in [-0.25, -0.2) is 26.3 Å². The van der Waals surface area contributed by atoms with E-state index in [-0.39, 0.29) is 103 Å². The fourth-order valence-electron chi connectivity index (χ4n) is 17.2. The molecule has 0 saturated carbocycles. The van der Waals surface area contributed by atoms with Crippen LogP contribution in [0.15, 0.2) is 305 Å². The van der Waals surface area contributed by atoms with Crippen LogP contribution in [0.4, 0.5) is 26.3 Å². The summed E-state index contributed by atoms with van der Waals surface area (Å²) in [5, 5.41) is 11.4. The highest BCUT2D eigenvalue weighted by atomic mass is 19.1. The highest BCUT2D eigenvalue weighted by Gasteiger charge is 2.35. The number of methoxy groups -OCH3 is 1. The quantitative estimate of drug-likeness (QED) is 0.0815. The Balaban J connectivity index is 0.000000109. The van der Waals surface area contributed by atoms with E-state index in [9.17, 15) is 45.9 Å². The highest BCUT2D eigenvalue weighted by Crippen LogP contribution is 2.37. The second-order valence-electron chi connectivity index (χ2n) is 32.8. The number of rotatable bonds is 16. The van der Waals surface area contributed by atoms with Gasteiger partial charge in [-0.05, 0) is 185 Å². The van der Waals surface area contributed by atoms with Crippen LogP contribution in [0, 0.1) is 34.9 Å². The van der Waals surface area contributed by atoms with E-state index in [2.05, 4.69) is 50.1 Å². The molecular formula is C106H79F6N17O6. The molecule has 5 aliphatic rings. The number of hydrogen-bond acceptors (Lipinski definition) is 16. The van der Waals surface area contributed by atoms with Crippen LogP contribution in [-0.4, -0.2) is 121 Å². The van der Waals surface area contributed by atoms with Crippen molar-refractivity contribution in [3.8, 4) is 61.4 Å². The molecule has 5 aliphatic heterocycles. The molecule has 23 nitrogen and oxygen atoms in total. The molecule has 15 heterocycles. The van der Waals surface area contributed by atoms with Crippen LogP contribution >= 0.6 is 0 Å². The maximum Gasteiger partial charge on any atom is 0.256 e. The number of halogens is 6. The topological polar surface area (TPSA) is 250 Å². The third-order valence-corrected chi connectivity index (χ3v) is 24.0. The molecule has 0 fully saturated rings. The second kappa shape index (κ2) is 37.8. The van der Waals surface area contributed by atoms with Gasteiger partial charge in [-0.1, -0.05) is 84.9 Å². The van der Waals surface area contributed by atoms with Crippen molar-refractivity contribution in [1.82, 2.24) is 83.9 Å². The summed E-state index contributed by atoms with van der Waals surface area (Å²) >= 11 is 0. The van der Waals surface area contributed by atoms with Crippen LogP contribution < -0.4 is 4.74 Å². The molecule has 0 bridgehead atoms. The summed E-state index contributed by atoms with van der Waals surface area (Å²) in [6.45, 7) is 2.77. The van der Waals surface area contributed by atoms with E-state index in [1.54, 1.807) is 213 Å². The van der Waals surface area contributed by atoms with Gasteiger partial charge < -0.3 is 29.2 Å². The van der Waals surface area contributed by atoms with E-state index >= 15 is 4.39 Å². The number of pyridine rings is 8. The third-order valence-electron chi connectivity index (χ3n) is 24.0. The first-order valence-corrected chi connectivity index (χ1v) is 43.1. The van der Waals surface area contributed by atoms with E-state index < -0.39 is 11.6 Å². The molecule has 0 atom stereocenters. The first kappa shape index (κ1) is 87.2. The van der Waals surface area contributed by atoms with E-state index in [1.807, 2.05) is 111 Å². The Morgan fingerprint density at radius 2 is 0.667 bits per heavy atom. The van der Waals surface area contributed by atoms with Gasteiger partial charge in [-0.15, -0.1) is 0 Å². The largest absolute Gasteiger partial charge is 0.495 e. The minimum Gasteiger partial charge on any atom is -0.495 e. The Labute approximate surface area is 769 Å². The van der Waals surface area contributed by atoms with Crippen LogP contribution in [0.25, 0.3) is 88.3 Å². The zero-order valence-electron chi connectivity index (χ0n) is 72.8. The van der Waals surface area contributed by atoms with Gasteiger partial charge in [-0.3, -0.25) is 73.2 Å². The van der Waals surface area contributed by atoms with Crippen LogP contribution in [-0.2, 0) is 79.5 Å². The SMILES string of the molecule is COc1cncc(-c2ccc(CN3Cc4ncccc4C3=O)c(F)c2)c1.Cn1cc2cc(-c3cc(F)c(CN4Cc5ncccc5C4=O)cc3F)ccc2n1.Cn1cc2cc(-c3cccc(CN4Cc5ncccc5C4=O)c3F)ccc2n1.O=C1c2cccnc2CN1Cc1ccc(-c2cccc3ncccc23)cc1F.O=C1c2cccnc2CN1Cc1ccc(-c2ccncc2)cc1F. The Morgan fingerprint density at radius 1 is 0.289 bits per heavy atom. The van der Waals surface area contributed by atoms with Crippen LogP contribution in [0.1, 0.15) is 108 Å². The van der Waals surface area contributed by atoms with Gasteiger partial charge in [0.2, 0.25) is 0 Å². The van der Waals surface area contributed by atoms with Crippen molar-refractivity contribution in [2.24, 2.45) is 14.1 Å². The standard InChI is InChI=1S/C23H16FN3O.C22H16F2N4O.C22H17FN4O.C20H16FN3O2.C19H14FN3O/c24-20-12-15(17-4-1-7-21-18(17)5-2-10-25-21)8-9-16(20)13-27-14-22-19(23(27)28)6-3-11-26-22;1-27-10-15-7-13(4-5-20(15)26-27)17-9-18(23)14(8-19(17)24)11-28-12-21-16(22(28)29)3-2-6-25-21;1-26-11-16-10-14(7-8-19(16)25-26)17-5-2-4-15(21(17)23)12-27-13-20-18(22(27)28)6-3-9-24-20;1-26-16-7-15(9-22-10-16)13-4-5-14(18(21)8-13)11-24-12-19-17(20(24)25)3-2-6-23-19;20-17-10-14(13-5-8-21-9-6-13)3-4-15(17)11-23-12-18-16(19(23)24)2-1-7-22-18/h1-12H,13-14H2;2-10H,11-12H2,1H3;2-11H,12-13H2,1H3;2-10H,11-12H2,1H3;1-10H,11-12H2. The maximum absolute atomic E-state index is 15.3. The van der Waals surface area contributed by atoms with Gasteiger partial charge in [0.05, 0.1) is 119 Å². The average molecular weight is 1800 g/mol. The number of ether oxygens (including phenoxy) is 1. The lowest BCUT2D eigenvalue weighted by molar-refractivity contribution is 0.0757. The number of aromatic nitrogens is 12. The van der Waals surface area contributed by atoms with Crippen molar-refractivity contribution in [3.63, 3.8) is 0 Å². The van der Waals surface area contributed by atoms with Gasteiger partial charge in [0, 0.05) is 176 Å². The van der Waals surface area contributed by atoms with Gasteiger partial charge in [-0.2, -0.15) is 10.2 Å². The Morgan fingerprint density at radius 3 is 1.13 bits per heavy atom. The molecule has 0 saturated heterocycles. The molecule has 0 unspecified atom stereocenters. The minimum absolute atomic E-state index is 0.0140. The summed E-state index contributed by atoms with van der Waals surface area (Å²) in [6, 6.07) is 66.4. The lowest BCUT2D eigenvalue weighted by Crippen LogP contribution is -2.24. The fraction of sp³-hybridized carbons (Fsp3) is 0.123. The molecule has 0 aliphatic carbocycles. The normalized spacial score (nSPS) is 13.2. The van der Waals surface area contributed by atoms with Crippen LogP contribution in [0.5, 0.6) is 5.75 Å². The summed E-state index contributed by atoms with van der Waals surface area (Å²) in [6.07, 6.45) is 20.4. The number of hydrogen-bond donors (Lipinski definition) is 0. The monoisotopic (exact) mass is 1800 g/mol. The van der Waals surface area contributed by atoms with Crippen LogP contribution in [0.2, 0.25) is 0 Å². The predicted molar refractivity (Wildman–Crippen MR) is 494 cm³/mol. The summed E-state index contributed by atoms with van der Waals surface area (Å²) in [4.78, 5) is 104. The molecule has 29 heteroatoms. The summed E-state index contributed by atoms with van der Waals surface area (Å²) in [5.41, 5.74) is 18.1. The number of amides is 5. The number of carbonyl (C=O) groups excluding carboxylic acids is 5. The molecule has 5 amide bonds. The fourth-order valence-corrected chi connectivity index (χ4v) is 17.2. The Hall–Kier alpha value is -17.1. The lowest BCUT2D eigenvalue weighted by atomic mass is 9.99.